The second-order valence-electron chi connectivity index (χ2n) is 6.60. The average molecular weight is 416 g/mol. The van der Waals surface area contributed by atoms with E-state index in [-0.39, 0.29) is 0 Å². The Morgan fingerprint density at radius 2 is 1.67 bits per heavy atom. The number of halogens is 1. The molecule has 1 N–H and O–H groups in total. The van der Waals surface area contributed by atoms with Crippen LogP contribution in [0.2, 0.25) is 5.02 Å². The smallest absolute Gasteiger partial charge is 0.343 e. The maximum atomic E-state index is 12.3. The van der Waals surface area contributed by atoms with Crippen LogP contribution in [-0.4, -0.2) is 15.9 Å². The number of nitrogens with zero attached hydrogens (tertiary/aromatic N) is 2. The van der Waals surface area contributed by atoms with E-state index in [1.807, 2.05) is 49.4 Å². The number of hydrogen-bond donors (Lipinski definition) is 1. The van der Waals surface area contributed by atoms with E-state index in [2.05, 4.69) is 15.3 Å². The van der Waals surface area contributed by atoms with Crippen molar-refractivity contribution in [2.45, 2.75) is 6.92 Å². The van der Waals surface area contributed by atoms with E-state index in [0.29, 0.717) is 28.0 Å². The molecule has 0 saturated heterocycles. The Hall–Kier alpha value is -3.70. The normalized spacial score (nSPS) is 10.5. The Bertz CT molecular complexity index is 1180. The van der Waals surface area contributed by atoms with Crippen LogP contribution in [0.5, 0.6) is 5.75 Å². The molecule has 1 heterocycles. The molecular weight excluding hydrogens is 398 g/mol. The zero-order valence-electron chi connectivity index (χ0n) is 16.2. The molecule has 0 saturated carbocycles. The molecule has 0 atom stereocenters. The molecule has 30 heavy (non-hydrogen) atoms. The van der Waals surface area contributed by atoms with Crippen LogP contribution in [0.1, 0.15) is 16.2 Å². The van der Waals surface area contributed by atoms with E-state index in [4.69, 9.17) is 16.3 Å². The number of nitrogens with one attached hydrogen (secondary N) is 1. The van der Waals surface area contributed by atoms with Crippen LogP contribution in [0.25, 0.3) is 11.3 Å². The summed E-state index contributed by atoms with van der Waals surface area (Å²) in [7, 11) is 0. The molecule has 1 aromatic heterocycles. The van der Waals surface area contributed by atoms with Crippen LogP contribution in [-0.2, 0) is 0 Å². The van der Waals surface area contributed by atoms with Crippen molar-refractivity contribution < 1.29 is 9.53 Å². The Morgan fingerprint density at radius 1 is 0.900 bits per heavy atom. The lowest BCUT2D eigenvalue weighted by molar-refractivity contribution is 0.0735. The van der Waals surface area contributed by atoms with Gasteiger partial charge in [0.05, 0.1) is 11.3 Å². The van der Waals surface area contributed by atoms with Gasteiger partial charge in [-0.15, -0.1) is 0 Å². The highest BCUT2D eigenvalue weighted by atomic mass is 35.5. The first-order valence-corrected chi connectivity index (χ1v) is 9.70. The summed E-state index contributed by atoms with van der Waals surface area (Å²) in [6.45, 7) is 1.85. The minimum absolute atomic E-state index is 0.425. The molecule has 0 aliphatic rings. The Balaban J connectivity index is 1.53. The van der Waals surface area contributed by atoms with Crippen molar-refractivity contribution in [1.82, 2.24) is 9.97 Å². The zero-order chi connectivity index (χ0) is 20.9. The fourth-order valence-electron chi connectivity index (χ4n) is 2.93. The molecule has 0 radical (unpaired) electrons. The van der Waals surface area contributed by atoms with E-state index in [1.54, 1.807) is 42.5 Å². The largest absolute Gasteiger partial charge is 0.423 e. The Kier molecular flexibility index (Phi) is 5.72. The van der Waals surface area contributed by atoms with Crippen molar-refractivity contribution in [3.05, 3.63) is 101 Å². The summed E-state index contributed by atoms with van der Waals surface area (Å²) in [6.07, 6.45) is 0. The van der Waals surface area contributed by atoms with Crippen molar-refractivity contribution in [3.8, 4) is 17.0 Å². The van der Waals surface area contributed by atoms with Gasteiger partial charge >= 0.3 is 5.97 Å². The van der Waals surface area contributed by atoms with Crippen LogP contribution in [0.3, 0.4) is 0 Å². The SMILES string of the molecule is Cc1nc(Nc2cccc(OC(=O)c3ccc(Cl)cc3)c2)cc(-c2ccccc2)n1. The topological polar surface area (TPSA) is 64.1 Å². The fraction of sp³-hybridized carbons (Fsp3) is 0.0417. The third kappa shape index (κ3) is 4.82. The molecule has 0 fully saturated rings. The van der Waals surface area contributed by atoms with Crippen molar-refractivity contribution >= 4 is 29.1 Å². The third-order valence-corrected chi connectivity index (χ3v) is 4.56. The van der Waals surface area contributed by atoms with Crippen molar-refractivity contribution in [2.24, 2.45) is 0 Å². The highest BCUT2D eigenvalue weighted by Crippen LogP contribution is 2.24. The number of ether oxygens (including phenoxy) is 1. The molecule has 0 amide bonds. The van der Waals surface area contributed by atoms with Gasteiger partial charge in [-0.05, 0) is 43.3 Å². The number of aromatic nitrogens is 2. The zero-order valence-corrected chi connectivity index (χ0v) is 16.9. The van der Waals surface area contributed by atoms with Crippen LogP contribution in [0.15, 0.2) is 84.9 Å². The molecule has 5 nitrogen and oxygen atoms in total. The fourth-order valence-corrected chi connectivity index (χ4v) is 3.05. The van der Waals surface area contributed by atoms with Crippen molar-refractivity contribution in [3.63, 3.8) is 0 Å². The number of anilines is 2. The van der Waals surface area contributed by atoms with Crippen LogP contribution < -0.4 is 10.1 Å². The average Bonchev–Trinajstić information content (AvgIpc) is 2.75. The molecular formula is C24H18ClN3O2. The van der Waals surface area contributed by atoms with Gasteiger partial charge in [-0.3, -0.25) is 0 Å². The molecule has 6 heteroatoms. The van der Waals surface area contributed by atoms with Crippen LogP contribution in [0, 0.1) is 6.92 Å². The predicted molar refractivity (Wildman–Crippen MR) is 118 cm³/mol. The number of benzene rings is 3. The maximum Gasteiger partial charge on any atom is 0.343 e. The lowest BCUT2D eigenvalue weighted by Gasteiger charge is -2.10. The highest BCUT2D eigenvalue weighted by molar-refractivity contribution is 6.30. The summed E-state index contributed by atoms with van der Waals surface area (Å²) in [5.74, 6) is 1.29. The number of esters is 1. The maximum absolute atomic E-state index is 12.3. The van der Waals surface area contributed by atoms with Gasteiger partial charge in [-0.1, -0.05) is 48.0 Å². The Morgan fingerprint density at radius 3 is 2.43 bits per heavy atom. The predicted octanol–water partition coefficient (Wildman–Crippen LogP) is 6.07. The van der Waals surface area contributed by atoms with Gasteiger partial charge < -0.3 is 10.1 Å². The number of hydrogen-bond acceptors (Lipinski definition) is 5. The summed E-state index contributed by atoms with van der Waals surface area (Å²) in [6, 6.07) is 25.5. The minimum atomic E-state index is -0.451. The number of carbonyl (C=O) groups excluding carboxylic acids is 1. The lowest BCUT2D eigenvalue weighted by atomic mass is 10.1. The molecule has 0 bridgehead atoms. The van der Waals surface area contributed by atoms with E-state index in [1.165, 1.54) is 0 Å². The van der Waals surface area contributed by atoms with Crippen molar-refractivity contribution in [1.29, 1.82) is 0 Å². The van der Waals surface area contributed by atoms with Crippen molar-refractivity contribution in [2.75, 3.05) is 5.32 Å². The second kappa shape index (κ2) is 8.76. The molecule has 0 spiro atoms. The molecule has 0 aliphatic carbocycles. The number of aryl methyl sites for hydroxylation is 1. The van der Waals surface area contributed by atoms with Gasteiger partial charge in [0.2, 0.25) is 0 Å². The van der Waals surface area contributed by atoms with Gasteiger partial charge in [-0.2, -0.15) is 0 Å². The van der Waals surface area contributed by atoms with Gasteiger partial charge in [0.15, 0.2) is 0 Å². The molecule has 4 rings (SSSR count). The van der Waals surface area contributed by atoms with Gasteiger partial charge in [0, 0.05) is 28.4 Å². The van der Waals surface area contributed by atoms with Gasteiger partial charge in [0.1, 0.15) is 17.4 Å². The van der Waals surface area contributed by atoms with E-state index < -0.39 is 5.97 Å². The van der Waals surface area contributed by atoms with E-state index in [9.17, 15) is 4.79 Å². The highest BCUT2D eigenvalue weighted by Gasteiger charge is 2.10. The molecule has 0 unspecified atom stereocenters. The van der Waals surface area contributed by atoms with Crippen LogP contribution >= 0.6 is 11.6 Å². The minimum Gasteiger partial charge on any atom is -0.423 e. The molecule has 0 aliphatic heterocycles. The first-order chi connectivity index (χ1) is 14.6. The number of carbonyl (C=O) groups is 1. The standard InChI is InChI=1S/C24H18ClN3O2/c1-16-26-22(17-6-3-2-4-7-17)15-23(27-16)28-20-8-5-9-21(14-20)30-24(29)18-10-12-19(25)13-11-18/h2-15H,1H3,(H,26,27,28). The quantitative estimate of drug-likeness (QED) is 0.316. The van der Waals surface area contributed by atoms with Gasteiger partial charge in [0.25, 0.3) is 0 Å². The van der Waals surface area contributed by atoms with Crippen LogP contribution in [0.4, 0.5) is 11.5 Å². The summed E-state index contributed by atoms with van der Waals surface area (Å²) in [5, 5.41) is 3.82. The summed E-state index contributed by atoms with van der Waals surface area (Å²) >= 11 is 5.86. The van der Waals surface area contributed by atoms with E-state index in [0.717, 1.165) is 16.9 Å². The van der Waals surface area contributed by atoms with Gasteiger partial charge in [-0.25, -0.2) is 14.8 Å². The number of rotatable bonds is 5. The summed E-state index contributed by atoms with van der Waals surface area (Å²) < 4.78 is 5.48. The monoisotopic (exact) mass is 415 g/mol. The molecule has 4 aromatic rings. The Labute approximate surface area is 179 Å². The first kappa shape index (κ1) is 19.6. The molecule has 3 aromatic carbocycles. The lowest BCUT2D eigenvalue weighted by Crippen LogP contribution is -2.08. The first-order valence-electron chi connectivity index (χ1n) is 9.33. The van der Waals surface area contributed by atoms with E-state index >= 15 is 0 Å². The summed E-state index contributed by atoms with van der Waals surface area (Å²) in [5.41, 5.74) is 3.01. The summed E-state index contributed by atoms with van der Waals surface area (Å²) in [4.78, 5) is 21.3. The third-order valence-electron chi connectivity index (χ3n) is 4.30. The molecule has 148 valence electrons. The second-order valence-corrected chi connectivity index (χ2v) is 7.04.